The monoisotopic (exact) mass is 317 g/mol. The minimum Gasteiger partial charge on any atom is -0.409 e. The van der Waals surface area contributed by atoms with Crippen molar-refractivity contribution in [2.24, 2.45) is 17.9 Å². The van der Waals surface area contributed by atoms with Crippen LogP contribution in [0.25, 0.3) is 0 Å². The normalized spacial score (nSPS) is 12.7. The van der Waals surface area contributed by atoms with Gasteiger partial charge in [-0.2, -0.15) is 13.2 Å². The first-order valence-corrected chi connectivity index (χ1v) is 6.35. The fraction of sp³-hybridized carbons (Fsp3) is 0.182. The first-order valence-electron chi connectivity index (χ1n) is 5.54. The highest BCUT2D eigenvalue weighted by Crippen LogP contribution is 2.34. The van der Waals surface area contributed by atoms with Crippen LogP contribution in [0.5, 0.6) is 0 Å². The van der Waals surface area contributed by atoms with Crippen LogP contribution < -0.4 is 5.73 Å². The average Bonchev–Trinajstić information content (AvgIpc) is 2.82. The number of oxime groups is 1. The summed E-state index contributed by atoms with van der Waals surface area (Å²) >= 11 is 1.06. The predicted molar refractivity (Wildman–Crippen MR) is 69.1 cm³/mol. The number of alkyl halides is 3. The molecule has 0 unspecified atom stereocenters. The van der Waals surface area contributed by atoms with Gasteiger partial charge in [-0.1, -0.05) is 5.16 Å². The molecule has 0 saturated carbocycles. The van der Waals surface area contributed by atoms with Gasteiger partial charge in [-0.05, 0) is 30.0 Å². The van der Waals surface area contributed by atoms with Crippen molar-refractivity contribution in [3.8, 4) is 0 Å². The van der Waals surface area contributed by atoms with E-state index in [1.54, 1.807) is 11.6 Å². The lowest BCUT2D eigenvalue weighted by Crippen LogP contribution is -2.16. The van der Waals surface area contributed by atoms with Gasteiger partial charge in [0.1, 0.15) is 6.33 Å². The van der Waals surface area contributed by atoms with Gasteiger partial charge in [-0.3, -0.25) is 0 Å². The number of rotatable bonds is 3. The zero-order chi connectivity index (χ0) is 15.6. The molecule has 10 heteroatoms. The second-order valence-corrected chi connectivity index (χ2v) is 5.03. The summed E-state index contributed by atoms with van der Waals surface area (Å²) in [4.78, 5) is 0.370. The van der Waals surface area contributed by atoms with Crippen LogP contribution >= 0.6 is 11.8 Å². The number of hydrogen-bond donors (Lipinski definition) is 2. The summed E-state index contributed by atoms with van der Waals surface area (Å²) in [6, 6.07) is 3.00. The van der Waals surface area contributed by atoms with Crippen LogP contribution in [0, 0.1) is 0 Å². The summed E-state index contributed by atoms with van der Waals surface area (Å²) in [6.45, 7) is 0. The van der Waals surface area contributed by atoms with Gasteiger partial charge in [0.2, 0.25) is 0 Å². The maximum absolute atomic E-state index is 12.7. The molecule has 0 fully saturated rings. The highest BCUT2D eigenvalue weighted by Gasteiger charge is 2.31. The molecule has 0 aliphatic heterocycles. The Morgan fingerprint density at radius 3 is 2.67 bits per heavy atom. The molecule has 21 heavy (non-hydrogen) atoms. The minimum atomic E-state index is -4.52. The lowest BCUT2D eigenvalue weighted by molar-refractivity contribution is -0.137. The van der Waals surface area contributed by atoms with Crippen LogP contribution in [0.1, 0.15) is 11.1 Å². The molecule has 112 valence electrons. The number of benzene rings is 1. The Bertz CT molecular complexity index is 683. The lowest BCUT2D eigenvalue weighted by atomic mass is 10.1. The van der Waals surface area contributed by atoms with Crippen LogP contribution in [0.3, 0.4) is 0 Å². The highest BCUT2D eigenvalue weighted by molar-refractivity contribution is 7.99. The Balaban J connectivity index is 2.48. The van der Waals surface area contributed by atoms with Gasteiger partial charge in [-0.25, -0.2) is 0 Å². The number of amidine groups is 1. The second kappa shape index (κ2) is 5.64. The van der Waals surface area contributed by atoms with Gasteiger partial charge in [0.25, 0.3) is 0 Å². The minimum absolute atomic E-state index is 0.0275. The maximum atomic E-state index is 12.7. The molecule has 0 bridgehead atoms. The van der Waals surface area contributed by atoms with E-state index in [4.69, 9.17) is 10.9 Å². The molecule has 1 aromatic heterocycles. The fourth-order valence-electron chi connectivity index (χ4n) is 1.51. The van der Waals surface area contributed by atoms with E-state index in [0.717, 1.165) is 23.9 Å². The molecule has 0 spiro atoms. The highest BCUT2D eigenvalue weighted by atomic mass is 32.2. The molecular weight excluding hydrogens is 307 g/mol. The first-order chi connectivity index (χ1) is 9.82. The zero-order valence-corrected chi connectivity index (χ0v) is 11.5. The molecular formula is C11H10F3N5OS. The predicted octanol–water partition coefficient (Wildman–Crippen LogP) is 2.08. The molecule has 1 aromatic carbocycles. The van der Waals surface area contributed by atoms with Crippen LogP contribution in [-0.2, 0) is 13.2 Å². The van der Waals surface area contributed by atoms with Crippen molar-refractivity contribution in [3.63, 3.8) is 0 Å². The zero-order valence-electron chi connectivity index (χ0n) is 10.7. The SMILES string of the molecule is Cn1cnnc1Sc1ccc(C(F)(F)F)cc1/C(N)=N/O. The number of nitrogens with zero attached hydrogens (tertiary/aromatic N) is 4. The Kier molecular flexibility index (Phi) is 4.07. The van der Waals surface area contributed by atoms with Gasteiger partial charge >= 0.3 is 6.18 Å². The van der Waals surface area contributed by atoms with Crippen molar-refractivity contribution in [3.05, 3.63) is 35.7 Å². The Morgan fingerprint density at radius 1 is 1.43 bits per heavy atom. The van der Waals surface area contributed by atoms with Crippen LogP contribution in [-0.4, -0.2) is 25.8 Å². The van der Waals surface area contributed by atoms with E-state index in [2.05, 4.69) is 15.4 Å². The summed E-state index contributed by atoms with van der Waals surface area (Å²) in [5.74, 6) is -0.411. The van der Waals surface area contributed by atoms with Crippen molar-refractivity contribution in [1.29, 1.82) is 0 Å². The molecule has 0 aliphatic carbocycles. The smallest absolute Gasteiger partial charge is 0.409 e. The molecule has 2 rings (SSSR count). The molecule has 6 nitrogen and oxygen atoms in total. The largest absolute Gasteiger partial charge is 0.416 e. The third kappa shape index (κ3) is 3.27. The van der Waals surface area contributed by atoms with Crippen LogP contribution in [0.2, 0.25) is 0 Å². The van der Waals surface area contributed by atoms with Crippen molar-refractivity contribution in [1.82, 2.24) is 14.8 Å². The number of hydrogen-bond acceptors (Lipinski definition) is 5. The van der Waals surface area contributed by atoms with Crippen LogP contribution in [0.4, 0.5) is 13.2 Å². The summed E-state index contributed by atoms with van der Waals surface area (Å²) in [7, 11) is 1.69. The first kappa shape index (κ1) is 15.2. The van der Waals surface area contributed by atoms with Crippen LogP contribution in [0.15, 0.2) is 39.7 Å². The summed E-state index contributed by atoms with van der Waals surface area (Å²) in [5.41, 5.74) is 4.54. The molecule has 1 heterocycles. The van der Waals surface area contributed by atoms with E-state index in [0.29, 0.717) is 10.1 Å². The van der Waals surface area contributed by atoms with Gasteiger partial charge in [-0.15, -0.1) is 10.2 Å². The number of aromatic nitrogens is 3. The molecule has 3 N–H and O–H groups in total. The summed E-state index contributed by atoms with van der Waals surface area (Å²) in [6.07, 6.45) is -3.06. The van der Waals surface area contributed by atoms with E-state index in [1.807, 2.05) is 0 Å². The quantitative estimate of drug-likeness (QED) is 0.391. The Morgan fingerprint density at radius 2 is 2.14 bits per heavy atom. The molecule has 2 aromatic rings. The average molecular weight is 317 g/mol. The third-order valence-corrected chi connectivity index (χ3v) is 3.69. The van der Waals surface area contributed by atoms with E-state index in [1.165, 1.54) is 12.4 Å². The van der Waals surface area contributed by atoms with E-state index in [-0.39, 0.29) is 5.56 Å². The second-order valence-electron chi connectivity index (χ2n) is 4.02. The van der Waals surface area contributed by atoms with Gasteiger partial charge in [0.05, 0.1) is 5.56 Å². The van der Waals surface area contributed by atoms with E-state index < -0.39 is 17.6 Å². The van der Waals surface area contributed by atoms with E-state index in [9.17, 15) is 13.2 Å². The number of aryl methyl sites for hydroxylation is 1. The van der Waals surface area contributed by atoms with Crippen molar-refractivity contribution in [2.75, 3.05) is 0 Å². The van der Waals surface area contributed by atoms with Gasteiger partial charge < -0.3 is 15.5 Å². The number of halogens is 3. The van der Waals surface area contributed by atoms with Crippen molar-refractivity contribution < 1.29 is 18.4 Å². The maximum Gasteiger partial charge on any atom is 0.416 e. The van der Waals surface area contributed by atoms with Crippen molar-refractivity contribution in [2.45, 2.75) is 16.2 Å². The fourth-order valence-corrected chi connectivity index (χ4v) is 2.40. The summed E-state index contributed by atoms with van der Waals surface area (Å²) in [5, 5.41) is 19.4. The Hall–Kier alpha value is -2.23. The topological polar surface area (TPSA) is 89.3 Å². The number of nitrogens with two attached hydrogens (primary N) is 1. The molecule has 0 amide bonds. The molecule has 0 radical (unpaired) electrons. The van der Waals surface area contributed by atoms with Crippen molar-refractivity contribution >= 4 is 17.6 Å². The van der Waals surface area contributed by atoms with E-state index >= 15 is 0 Å². The molecule has 0 aliphatic rings. The van der Waals surface area contributed by atoms with Gasteiger partial charge in [0.15, 0.2) is 11.0 Å². The standard InChI is InChI=1S/C11H10F3N5OS/c1-19-5-16-17-10(19)21-8-3-2-6(11(12,13)14)4-7(8)9(15)18-20/h2-5,20H,1H3,(H2,15,18). The lowest BCUT2D eigenvalue weighted by Gasteiger charge is -2.12. The van der Waals surface area contributed by atoms with Gasteiger partial charge in [0, 0.05) is 17.5 Å². The Labute approximate surface area is 121 Å². The third-order valence-electron chi connectivity index (χ3n) is 2.56. The molecule has 0 atom stereocenters. The summed E-state index contributed by atoms with van der Waals surface area (Å²) < 4.78 is 39.8. The molecule has 0 saturated heterocycles.